The van der Waals surface area contributed by atoms with E-state index in [0.717, 1.165) is 30.2 Å². The smallest absolute Gasteiger partial charge is 0.271 e. The maximum atomic E-state index is 12.3. The van der Waals surface area contributed by atoms with Crippen molar-refractivity contribution in [2.45, 2.75) is 32.6 Å². The lowest BCUT2D eigenvalue weighted by molar-refractivity contribution is -0.154. The Morgan fingerprint density at radius 2 is 2.04 bits per heavy atom. The quantitative estimate of drug-likeness (QED) is 0.270. The minimum atomic E-state index is -0.623. The third-order valence-electron chi connectivity index (χ3n) is 4.21. The number of aromatic nitrogens is 1. The SMILES string of the molecule is CCCCC[C@H](CN(O)C=O)C(=O)NNC(=O)c1cnc2ccccc2c1. The minimum Gasteiger partial charge on any atom is -0.286 e. The summed E-state index contributed by atoms with van der Waals surface area (Å²) in [6, 6.07) is 9.08. The number of para-hydroxylation sites is 1. The number of hydrazine groups is 1. The Labute approximate surface area is 157 Å². The van der Waals surface area contributed by atoms with E-state index in [-0.39, 0.29) is 13.0 Å². The van der Waals surface area contributed by atoms with Gasteiger partial charge in [0.15, 0.2) is 0 Å². The molecule has 1 atom stereocenters. The summed E-state index contributed by atoms with van der Waals surface area (Å²) in [6.45, 7) is 1.91. The molecule has 3 N–H and O–H groups in total. The van der Waals surface area contributed by atoms with E-state index in [1.54, 1.807) is 6.07 Å². The molecule has 0 aliphatic heterocycles. The maximum absolute atomic E-state index is 12.3. The number of amides is 3. The monoisotopic (exact) mass is 372 g/mol. The van der Waals surface area contributed by atoms with Gasteiger partial charge in [0, 0.05) is 11.6 Å². The third-order valence-corrected chi connectivity index (χ3v) is 4.21. The largest absolute Gasteiger partial charge is 0.286 e. The molecule has 144 valence electrons. The van der Waals surface area contributed by atoms with Crippen LogP contribution in [-0.2, 0) is 9.59 Å². The Kier molecular flexibility index (Phi) is 7.69. The molecule has 0 aliphatic carbocycles. The number of nitrogens with zero attached hydrogens (tertiary/aromatic N) is 2. The van der Waals surface area contributed by atoms with Crippen molar-refractivity contribution in [2.24, 2.45) is 5.92 Å². The predicted molar refractivity (Wildman–Crippen MR) is 99.5 cm³/mol. The molecule has 27 heavy (non-hydrogen) atoms. The van der Waals surface area contributed by atoms with Crippen LogP contribution in [0, 0.1) is 5.92 Å². The molecule has 0 saturated heterocycles. The lowest BCUT2D eigenvalue weighted by Gasteiger charge is -2.19. The van der Waals surface area contributed by atoms with Gasteiger partial charge in [0.1, 0.15) is 0 Å². The number of nitrogens with one attached hydrogen (secondary N) is 2. The van der Waals surface area contributed by atoms with E-state index in [4.69, 9.17) is 0 Å². The van der Waals surface area contributed by atoms with Crippen LogP contribution in [0.15, 0.2) is 36.5 Å². The zero-order valence-electron chi connectivity index (χ0n) is 15.2. The van der Waals surface area contributed by atoms with E-state index < -0.39 is 17.7 Å². The lowest BCUT2D eigenvalue weighted by Crippen LogP contribution is -2.46. The van der Waals surface area contributed by atoms with Gasteiger partial charge in [0.2, 0.25) is 12.3 Å². The number of fused-ring (bicyclic) bond motifs is 1. The van der Waals surface area contributed by atoms with Crippen LogP contribution in [0.1, 0.15) is 43.0 Å². The van der Waals surface area contributed by atoms with Gasteiger partial charge in [-0.05, 0) is 18.6 Å². The van der Waals surface area contributed by atoms with Crippen molar-refractivity contribution in [2.75, 3.05) is 6.54 Å². The van der Waals surface area contributed by atoms with Crippen molar-refractivity contribution >= 4 is 29.1 Å². The summed E-state index contributed by atoms with van der Waals surface area (Å²) < 4.78 is 0. The van der Waals surface area contributed by atoms with Crippen molar-refractivity contribution in [3.63, 3.8) is 0 Å². The Bertz CT molecular complexity index is 796. The predicted octanol–water partition coefficient (Wildman–Crippen LogP) is 2.04. The molecule has 2 rings (SSSR count). The number of hydrogen-bond donors (Lipinski definition) is 3. The van der Waals surface area contributed by atoms with Gasteiger partial charge in [-0.15, -0.1) is 0 Å². The van der Waals surface area contributed by atoms with Gasteiger partial charge in [0.25, 0.3) is 5.91 Å². The van der Waals surface area contributed by atoms with Crippen LogP contribution in [0.4, 0.5) is 0 Å². The number of carbonyl (C=O) groups excluding carboxylic acids is 3. The summed E-state index contributed by atoms with van der Waals surface area (Å²) in [6.07, 6.45) is 4.88. The molecule has 8 nitrogen and oxygen atoms in total. The van der Waals surface area contributed by atoms with Crippen LogP contribution < -0.4 is 10.9 Å². The molecule has 3 amide bonds. The van der Waals surface area contributed by atoms with E-state index >= 15 is 0 Å². The zero-order valence-corrected chi connectivity index (χ0v) is 15.2. The summed E-state index contributed by atoms with van der Waals surface area (Å²) in [7, 11) is 0. The molecule has 0 unspecified atom stereocenters. The highest BCUT2D eigenvalue weighted by Gasteiger charge is 2.21. The Hall–Kier alpha value is -3.00. The first-order valence-electron chi connectivity index (χ1n) is 8.91. The average molecular weight is 372 g/mol. The van der Waals surface area contributed by atoms with Gasteiger partial charge in [-0.1, -0.05) is 44.4 Å². The summed E-state index contributed by atoms with van der Waals surface area (Å²) in [5.74, 6) is -1.58. The van der Waals surface area contributed by atoms with E-state index in [1.165, 1.54) is 6.20 Å². The summed E-state index contributed by atoms with van der Waals surface area (Å²) >= 11 is 0. The number of unbranched alkanes of at least 4 members (excludes halogenated alkanes) is 2. The molecule has 0 radical (unpaired) electrons. The molecule has 0 aliphatic rings. The molecular formula is C19H24N4O4. The van der Waals surface area contributed by atoms with Gasteiger partial charge in [-0.2, -0.15) is 0 Å². The molecule has 0 fully saturated rings. The fraction of sp³-hybridized carbons (Fsp3) is 0.368. The van der Waals surface area contributed by atoms with Crippen LogP contribution >= 0.6 is 0 Å². The highest BCUT2D eigenvalue weighted by molar-refractivity contribution is 5.98. The maximum Gasteiger partial charge on any atom is 0.271 e. The molecule has 1 heterocycles. The first-order chi connectivity index (χ1) is 13.0. The van der Waals surface area contributed by atoms with Crippen LogP contribution in [0.25, 0.3) is 10.9 Å². The number of hydroxylamine groups is 2. The van der Waals surface area contributed by atoms with E-state index in [9.17, 15) is 19.6 Å². The van der Waals surface area contributed by atoms with Crippen molar-refractivity contribution in [3.05, 3.63) is 42.1 Å². The minimum absolute atomic E-state index is 0.132. The average Bonchev–Trinajstić information content (AvgIpc) is 2.70. The molecule has 0 bridgehead atoms. The van der Waals surface area contributed by atoms with E-state index in [0.29, 0.717) is 17.0 Å². The first-order valence-corrected chi connectivity index (χ1v) is 8.91. The highest BCUT2D eigenvalue weighted by Crippen LogP contribution is 2.13. The molecule has 1 aromatic heterocycles. The van der Waals surface area contributed by atoms with Crippen molar-refractivity contribution < 1.29 is 19.6 Å². The topological polar surface area (TPSA) is 112 Å². The first kappa shape index (κ1) is 20.3. The molecular weight excluding hydrogens is 348 g/mol. The number of rotatable bonds is 9. The fourth-order valence-electron chi connectivity index (χ4n) is 2.70. The Balaban J connectivity index is 1.96. The molecule has 0 spiro atoms. The molecule has 2 aromatic rings. The second-order valence-corrected chi connectivity index (χ2v) is 6.28. The number of carbonyl (C=O) groups is 3. The summed E-state index contributed by atoms with van der Waals surface area (Å²) in [5, 5.41) is 10.6. The highest BCUT2D eigenvalue weighted by atomic mass is 16.5. The second-order valence-electron chi connectivity index (χ2n) is 6.28. The van der Waals surface area contributed by atoms with Crippen LogP contribution in [-0.4, -0.2) is 40.0 Å². The number of pyridine rings is 1. The lowest BCUT2D eigenvalue weighted by atomic mass is 10.0. The number of hydrogen-bond acceptors (Lipinski definition) is 5. The normalized spacial score (nSPS) is 11.6. The third kappa shape index (κ3) is 6.03. The van der Waals surface area contributed by atoms with E-state index in [2.05, 4.69) is 15.8 Å². The van der Waals surface area contributed by atoms with Crippen molar-refractivity contribution in [1.29, 1.82) is 0 Å². The summed E-state index contributed by atoms with van der Waals surface area (Å²) in [5.41, 5.74) is 5.81. The Morgan fingerprint density at radius 1 is 1.26 bits per heavy atom. The van der Waals surface area contributed by atoms with Crippen LogP contribution in [0.5, 0.6) is 0 Å². The Morgan fingerprint density at radius 3 is 2.78 bits per heavy atom. The fourth-order valence-corrected chi connectivity index (χ4v) is 2.70. The van der Waals surface area contributed by atoms with Crippen molar-refractivity contribution in [1.82, 2.24) is 20.9 Å². The summed E-state index contributed by atoms with van der Waals surface area (Å²) in [4.78, 5) is 39.4. The standard InChI is InChI=1S/C19H24N4O4/c1-2-3-4-8-15(12-23(27)13-24)18(25)21-22-19(26)16-10-14-7-5-6-9-17(14)20-11-16/h5-7,9-11,13,15,27H,2-4,8,12H2,1H3,(H,21,25)(H,22,26)/t15-/m1/s1. The molecule has 0 saturated carbocycles. The van der Waals surface area contributed by atoms with Gasteiger partial charge in [0.05, 0.1) is 23.5 Å². The van der Waals surface area contributed by atoms with Crippen molar-refractivity contribution in [3.8, 4) is 0 Å². The van der Waals surface area contributed by atoms with Gasteiger partial charge < -0.3 is 0 Å². The second kappa shape index (κ2) is 10.2. The van der Waals surface area contributed by atoms with Crippen LogP contribution in [0.2, 0.25) is 0 Å². The molecule has 8 heteroatoms. The van der Waals surface area contributed by atoms with Gasteiger partial charge in [-0.3, -0.25) is 35.4 Å². The number of benzene rings is 1. The van der Waals surface area contributed by atoms with Gasteiger partial charge in [-0.25, -0.2) is 5.06 Å². The van der Waals surface area contributed by atoms with Gasteiger partial charge >= 0.3 is 0 Å². The molecule has 1 aromatic carbocycles. The van der Waals surface area contributed by atoms with Crippen LogP contribution in [0.3, 0.4) is 0 Å². The zero-order chi connectivity index (χ0) is 19.6. The van der Waals surface area contributed by atoms with E-state index in [1.807, 2.05) is 31.2 Å².